The van der Waals surface area contributed by atoms with Crippen LogP contribution in [0.5, 0.6) is 0 Å². The number of hydrogen-bond donors (Lipinski definition) is 2. The van der Waals surface area contributed by atoms with Crippen LogP contribution in [0, 0.1) is 25.6 Å². The van der Waals surface area contributed by atoms with Gasteiger partial charge in [-0.1, -0.05) is 13.0 Å². The van der Waals surface area contributed by atoms with E-state index >= 15 is 0 Å². The zero-order chi connectivity index (χ0) is 20.5. The van der Waals surface area contributed by atoms with Crippen molar-refractivity contribution in [3.05, 3.63) is 70.7 Å². The first-order chi connectivity index (χ1) is 13.9. The normalized spacial score (nSPS) is 15.7. The SMILES string of the molecule is Cc1ccc(Nc2nc3c(c(Nc4ccc(F)cc4)n2)C(=O)CC(C)C3)cc1C. The monoisotopic (exact) mass is 390 g/mol. The van der Waals surface area contributed by atoms with Gasteiger partial charge in [-0.25, -0.2) is 9.37 Å². The van der Waals surface area contributed by atoms with Gasteiger partial charge in [0.05, 0.1) is 11.3 Å². The zero-order valence-corrected chi connectivity index (χ0v) is 16.7. The molecular weight excluding hydrogens is 367 g/mol. The van der Waals surface area contributed by atoms with Crippen LogP contribution in [0.15, 0.2) is 42.5 Å². The molecule has 1 atom stereocenters. The summed E-state index contributed by atoms with van der Waals surface area (Å²) in [6.07, 6.45) is 1.18. The van der Waals surface area contributed by atoms with Crippen LogP contribution in [0.25, 0.3) is 0 Å². The Morgan fingerprint density at radius 3 is 2.38 bits per heavy atom. The van der Waals surface area contributed by atoms with Crippen LogP contribution in [0.1, 0.15) is 40.5 Å². The highest BCUT2D eigenvalue weighted by molar-refractivity contribution is 6.03. The Morgan fingerprint density at radius 1 is 0.931 bits per heavy atom. The molecule has 29 heavy (non-hydrogen) atoms. The summed E-state index contributed by atoms with van der Waals surface area (Å²) >= 11 is 0. The number of carbonyl (C=O) groups is 1. The maximum absolute atomic E-state index is 13.3. The Labute approximate surface area is 169 Å². The average Bonchev–Trinajstić information content (AvgIpc) is 2.66. The molecule has 1 heterocycles. The Hall–Kier alpha value is -3.28. The highest BCUT2D eigenvalue weighted by Gasteiger charge is 2.28. The van der Waals surface area contributed by atoms with E-state index in [1.54, 1.807) is 12.1 Å². The van der Waals surface area contributed by atoms with Crippen LogP contribution in [-0.4, -0.2) is 15.8 Å². The summed E-state index contributed by atoms with van der Waals surface area (Å²) in [6.45, 7) is 6.16. The van der Waals surface area contributed by atoms with Gasteiger partial charge in [-0.15, -0.1) is 0 Å². The average molecular weight is 390 g/mol. The van der Waals surface area contributed by atoms with Crippen LogP contribution in [0.2, 0.25) is 0 Å². The number of aryl methyl sites for hydroxylation is 2. The number of hydrogen-bond acceptors (Lipinski definition) is 5. The number of nitrogens with one attached hydrogen (secondary N) is 2. The van der Waals surface area contributed by atoms with Crippen molar-refractivity contribution in [3.8, 4) is 0 Å². The van der Waals surface area contributed by atoms with Crippen LogP contribution < -0.4 is 10.6 Å². The predicted octanol–water partition coefficient (Wildman–Crippen LogP) is 5.48. The third kappa shape index (κ3) is 4.11. The molecule has 0 radical (unpaired) electrons. The number of carbonyl (C=O) groups excluding carboxylic acids is 1. The van der Waals surface area contributed by atoms with Crippen molar-refractivity contribution in [2.75, 3.05) is 10.6 Å². The van der Waals surface area contributed by atoms with E-state index in [1.165, 1.54) is 23.3 Å². The van der Waals surface area contributed by atoms with E-state index in [-0.39, 0.29) is 17.5 Å². The summed E-state index contributed by atoms with van der Waals surface area (Å²) in [5.41, 5.74) is 5.19. The van der Waals surface area contributed by atoms with Crippen LogP contribution in [0.3, 0.4) is 0 Å². The van der Waals surface area contributed by atoms with E-state index in [9.17, 15) is 9.18 Å². The molecule has 1 aromatic heterocycles. The number of benzene rings is 2. The molecular formula is C23H23FN4O. The van der Waals surface area contributed by atoms with E-state index in [1.807, 2.05) is 25.1 Å². The van der Waals surface area contributed by atoms with E-state index in [0.29, 0.717) is 35.9 Å². The van der Waals surface area contributed by atoms with Gasteiger partial charge >= 0.3 is 0 Å². The Morgan fingerprint density at radius 2 is 1.66 bits per heavy atom. The second kappa shape index (κ2) is 7.62. The van der Waals surface area contributed by atoms with Crippen LogP contribution >= 0.6 is 0 Å². The fourth-order valence-corrected chi connectivity index (χ4v) is 3.53. The lowest BCUT2D eigenvalue weighted by atomic mass is 9.87. The van der Waals surface area contributed by atoms with E-state index in [2.05, 4.69) is 34.4 Å². The standard InChI is InChI=1S/C23H23FN4O/c1-13-10-19-21(20(29)11-13)22(25-17-8-5-16(24)6-9-17)28-23(27-19)26-18-7-4-14(2)15(3)12-18/h4-9,12-13H,10-11H2,1-3H3,(H2,25,26,27,28). The Balaban J connectivity index is 1.74. The molecule has 3 aromatic rings. The highest BCUT2D eigenvalue weighted by Crippen LogP contribution is 2.32. The molecule has 0 bridgehead atoms. The molecule has 2 aromatic carbocycles. The quantitative estimate of drug-likeness (QED) is 0.617. The third-order valence-corrected chi connectivity index (χ3v) is 5.21. The fraction of sp³-hybridized carbons (Fsp3) is 0.261. The third-order valence-electron chi connectivity index (χ3n) is 5.21. The van der Waals surface area contributed by atoms with Gasteiger partial charge in [0.2, 0.25) is 5.95 Å². The summed E-state index contributed by atoms with van der Waals surface area (Å²) in [5, 5.41) is 6.43. The first-order valence-corrected chi connectivity index (χ1v) is 9.70. The molecule has 148 valence electrons. The highest BCUT2D eigenvalue weighted by atomic mass is 19.1. The van der Waals surface area contributed by atoms with E-state index in [4.69, 9.17) is 0 Å². The van der Waals surface area contributed by atoms with Crippen molar-refractivity contribution in [1.82, 2.24) is 9.97 Å². The molecule has 1 aliphatic rings. The Bertz CT molecular complexity index is 1080. The molecule has 2 N–H and O–H groups in total. The second-order valence-electron chi connectivity index (χ2n) is 7.71. The molecule has 6 heteroatoms. The number of aromatic nitrogens is 2. The van der Waals surface area contributed by atoms with Crippen molar-refractivity contribution in [1.29, 1.82) is 0 Å². The molecule has 0 aliphatic heterocycles. The van der Waals surface area contributed by atoms with Gasteiger partial charge in [-0.05, 0) is 73.7 Å². The van der Waals surface area contributed by atoms with Crippen molar-refractivity contribution >= 4 is 28.9 Å². The van der Waals surface area contributed by atoms with Gasteiger partial charge in [0.15, 0.2) is 5.78 Å². The van der Waals surface area contributed by atoms with Gasteiger partial charge in [0.1, 0.15) is 11.6 Å². The summed E-state index contributed by atoms with van der Waals surface area (Å²) in [4.78, 5) is 21.9. The topological polar surface area (TPSA) is 66.9 Å². The number of ketones is 1. The summed E-state index contributed by atoms with van der Waals surface area (Å²) in [6, 6.07) is 12.0. The van der Waals surface area contributed by atoms with Gasteiger partial charge in [-0.2, -0.15) is 4.98 Å². The van der Waals surface area contributed by atoms with Crippen molar-refractivity contribution in [3.63, 3.8) is 0 Å². The minimum absolute atomic E-state index is 0.0288. The van der Waals surface area contributed by atoms with Gasteiger partial charge in [-0.3, -0.25) is 4.79 Å². The van der Waals surface area contributed by atoms with E-state index < -0.39 is 0 Å². The molecule has 5 nitrogen and oxygen atoms in total. The fourth-order valence-electron chi connectivity index (χ4n) is 3.53. The summed E-state index contributed by atoms with van der Waals surface area (Å²) < 4.78 is 13.3. The first kappa shape index (κ1) is 19.1. The first-order valence-electron chi connectivity index (χ1n) is 9.70. The number of Topliss-reactive ketones (excluding diaryl/α,β-unsaturated/α-hetero) is 1. The largest absolute Gasteiger partial charge is 0.339 e. The predicted molar refractivity (Wildman–Crippen MR) is 113 cm³/mol. The number of nitrogens with zero attached hydrogens (tertiary/aromatic N) is 2. The second-order valence-corrected chi connectivity index (χ2v) is 7.71. The Kier molecular flexibility index (Phi) is 5.01. The summed E-state index contributed by atoms with van der Waals surface area (Å²) in [5.74, 6) is 0.824. The maximum Gasteiger partial charge on any atom is 0.229 e. The van der Waals surface area contributed by atoms with Crippen molar-refractivity contribution in [2.24, 2.45) is 5.92 Å². The van der Waals surface area contributed by atoms with Gasteiger partial charge < -0.3 is 10.6 Å². The van der Waals surface area contributed by atoms with Gasteiger partial charge in [0.25, 0.3) is 0 Å². The van der Waals surface area contributed by atoms with Crippen molar-refractivity contribution < 1.29 is 9.18 Å². The minimum atomic E-state index is -0.317. The molecule has 1 unspecified atom stereocenters. The van der Waals surface area contributed by atoms with E-state index in [0.717, 1.165) is 11.4 Å². The molecule has 4 rings (SSSR count). The lowest BCUT2D eigenvalue weighted by Crippen LogP contribution is -2.22. The number of halogens is 1. The molecule has 0 fully saturated rings. The number of fused-ring (bicyclic) bond motifs is 1. The van der Waals surface area contributed by atoms with Crippen molar-refractivity contribution in [2.45, 2.75) is 33.6 Å². The number of rotatable bonds is 4. The lowest BCUT2D eigenvalue weighted by Gasteiger charge is -2.23. The summed E-state index contributed by atoms with van der Waals surface area (Å²) in [7, 11) is 0. The molecule has 1 aliphatic carbocycles. The van der Waals surface area contributed by atoms with Crippen LogP contribution in [0.4, 0.5) is 27.5 Å². The smallest absolute Gasteiger partial charge is 0.229 e. The number of anilines is 4. The zero-order valence-electron chi connectivity index (χ0n) is 16.7. The molecule has 0 saturated heterocycles. The molecule has 0 amide bonds. The van der Waals surface area contributed by atoms with Gasteiger partial charge in [0, 0.05) is 17.8 Å². The minimum Gasteiger partial charge on any atom is -0.339 e. The lowest BCUT2D eigenvalue weighted by molar-refractivity contribution is 0.0953. The molecule has 0 spiro atoms. The van der Waals surface area contributed by atoms with Crippen LogP contribution in [-0.2, 0) is 6.42 Å². The molecule has 0 saturated carbocycles. The maximum atomic E-state index is 13.3.